The van der Waals surface area contributed by atoms with Crippen LogP contribution in [-0.4, -0.2) is 18.2 Å². The van der Waals surface area contributed by atoms with Crippen LogP contribution in [0.5, 0.6) is 5.75 Å². The highest BCUT2D eigenvalue weighted by molar-refractivity contribution is 7.80. The molecule has 0 unspecified atom stereocenters. The lowest BCUT2D eigenvalue weighted by atomic mass is 10.2. The first-order valence-corrected chi connectivity index (χ1v) is 6.81. The third-order valence-corrected chi connectivity index (χ3v) is 2.96. The molecule has 0 saturated carbocycles. The molecule has 3 nitrogen and oxygen atoms in total. The highest BCUT2D eigenvalue weighted by atomic mass is 32.1. The number of hydrogen-bond donors (Lipinski definition) is 1. The summed E-state index contributed by atoms with van der Waals surface area (Å²) in [4.78, 5) is 0.371. The van der Waals surface area contributed by atoms with E-state index in [9.17, 15) is 0 Å². The van der Waals surface area contributed by atoms with Crippen molar-refractivity contribution in [1.82, 2.24) is 0 Å². The first-order chi connectivity index (χ1) is 9.75. The van der Waals surface area contributed by atoms with E-state index in [1.807, 2.05) is 54.6 Å². The van der Waals surface area contributed by atoms with Gasteiger partial charge in [0.1, 0.15) is 17.3 Å². The summed E-state index contributed by atoms with van der Waals surface area (Å²) >= 11 is 4.93. The van der Waals surface area contributed by atoms with Crippen molar-refractivity contribution in [3.63, 3.8) is 0 Å². The Balaban J connectivity index is 1.71. The van der Waals surface area contributed by atoms with Crippen LogP contribution in [0.25, 0.3) is 0 Å². The van der Waals surface area contributed by atoms with Crippen molar-refractivity contribution in [2.45, 2.75) is 6.61 Å². The lowest BCUT2D eigenvalue weighted by Crippen LogP contribution is -2.10. The average molecular weight is 287 g/mol. The van der Waals surface area contributed by atoms with E-state index in [-0.39, 0.29) is 0 Å². The second kappa shape index (κ2) is 7.62. The van der Waals surface area contributed by atoms with Crippen molar-refractivity contribution >= 4 is 17.2 Å². The molecule has 0 amide bonds. The smallest absolute Gasteiger partial charge is 0.120 e. The maximum atomic E-state index is 5.59. The van der Waals surface area contributed by atoms with Crippen LogP contribution < -0.4 is 10.5 Å². The van der Waals surface area contributed by atoms with Gasteiger partial charge in [-0.05, 0) is 17.7 Å². The van der Waals surface area contributed by atoms with Gasteiger partial charge in [0.25, 0.3) is 0 Å². The van der Waals surface area contributed by atoms with Crippen molar-refractivity contribution in [3.8, 4) is 5.75 Å². The van der Waals surface area contributed by atoms with Gasteiger partial charge in [-0.1, -0.05) is 54.7 Å². The van der Waals surface area contributed by atoms with Crippen molar-refractivity contribution < 1.29 is 9.47 Å². The molecule has 0 atom stereocenters. The summed E-state index contributed by atoms with van der Waals surface area (Å²) < 4.78 is 11.1. The Morgan fingerprint density at radius 3 is 2.55 bits per heavy atom. The zero-order valence-corrected chi connectivity index (χ0v) is 11.9. The molecule has 2 aromatic rings. The van der Waals surface area contributed by atoms with Gasteiger partial charge in [0.15, 0.2) is 0 Å². The summed E-state index contributed by atoms with van der Waals surface area (Å²) in [6, 6.07) is 17.5. The molecule has 0 spiro atoms. The fourth-order valence-corrected chi connectivity index (χ4v) is 1.85. The standard InChI is InChI=1S/C16H17NO2S/c17-16(20)14-7-4-8-15(11-14)19-10-9-18-12-13-5-2-1-3-6-13/h1-8,11H,9-10,12H2,(H2,17,20). The number of benzene rings is 2. The van der Waals surface area contributed by atoms with E-state index in [2.05, 4.69) is 0 Å². The number of rotatable bonds is 7. The molecule has 0 aliphatic rings. The Morgan fingerprint density at radius 2 is 1.80 bits per heavy atom. The minimum absolute atomic E-state index is 0.371. The molecular weight excluding hydrogens is 270 g/mol. The van der Waals surface area contributed by atoms with E-state index < -0.39 is 0 Å². The van der Waals surface area contributed by atoms with Gasteiger partial charge < -0.3 is 15.2 Å². The van der Waals surface area contributed by atoms with E-state index in [0.717, 1.165) is 16.9 Å². The SMILES string of the molecule is NC(=S)c1cccc(OCCOCc2ccccc2)c1. The maximum absolute atomic E-state index is 5.59. The second-order valence-corrected chi connectivity index (χ2v) is 4.72. The Bertz CT molecular complexity index is 557. The van der Waals surface area contributed by atoms with Crippen molar-refractivity contribution in [2.24, 2.45) is 5.73 Å². The molecule has 2 rings (SSSR count). The van der Waals surface area contributed by atoms with Gasteiger partial charge >= 0.3 is 0 Å². The summed E-state index contributed by atoms with van der Waals surface area (Å²) in [5.41, 5.74) is 7.54. The van der Waals surface area contributed by atoms with Gasteiger partial charge in [0.2, 0.25) is 0 Å². The third kappa shape index (κ3) is 4.64. The molecule has 0 aliphatic heterocycles. The number of ether oxygens (including phenoxy) is 2. The topological polar surface area (TPSA) is 44.5 Å². The van der Waals surface area contributed by atoms with E-state index in [0.29, 0.717) is 24.8 Å². The second-order valence-electron chi connectivity index (χ2n) is 4.28. The molecule has 20 heavy (non-hydrogen) atoms. The van der Waals surface area contributed by atoms with E-state index in [1.54, 1.807) is 0 Å². The molecule has 0 aromatic heterocycles. The minimum atomic E-state index is 0.371. The summed E-state index contributed by atoms with van der Waals surface area (Å²) in [7, 11) is 0. The van der Waals surface area contributed by atoms with Crippen LogP contribution in [0.2, 0.25) is 0 Å². The van der Waals surface area contributed by atoms with Crippen molar-refractivity contribution in [1.29, 1.82) is 0 Å². The van der Waals surface area contributed by atoms with Crippen LogP contribution >= 0.6 is 12.2 Å². The monoisotopic (exact) mass is 287 g/mol. The Labute approximate surface area is 124 Å². The maximum Gasteiger partial charge on any atom is 0.120 e. The normalized spacial score (nSPS) is 10.2. The Kier molecular flexibility index (Phi) is 5.53. The summed E-state index contributed by atoms with van der Waals surface area (Å²) in [6.07, 6.45) is 0. The first kappa shape index (κ1) is 14.5. The van der Waals surface area contributed by atoms with Gasteiger partial charge in [-0.25, -0.2) is 0 Å². The van der Waals surface area contributed by atoms with Crippen LogP contribution in [0.15, 0.2) is 54.6 Å². The molecule has 2 N–H and O–H groups in total. The lowest BCUT2D eigenvalue weighted by Gasteiger charge is -2.08. The quantitative estimate of drug-likeness (QED) is 0.628. The fraction of sp³-hybridized carbons (Fsp3) is 0.188. The third-order valence-electron chi connectivity index (χ3n) is 2.73. The van der Waals surface area contributed by atoms with Crippen LogP contribution in [0.1, 0.15) is 11.1 Å². The predicted molar refractivity (Wildman–Crippen MR) is 83.9 cm³/mol. The van der Waals surface area contributed by atoms with Crippen molar-refractivity contribution in [3.05, 3.63) is 65.7 Å². The molecule has 0 saturated heterocycles. The molecule has 104 valence electrons. The van der Waals surface area contributed by atoms with Gasteiger partial charge in [0, 0.05) is 5.56 Å². The minimum Gasteiger partial charge on any atom is -0.491 e. The molecule has 0 fully saturated rings. The highest BCUT2D eigenvalue weighted by Crippen LogP contribution is 2.13. The molecule has 0 radical (unpaired) electrons. The van der Waals surface area contributed by atoms with Crippen molar-refractivity contribution in [2.75, 3.05) is 13.2 Å². The van der Waals surface area contributed by atoms with E-state index in [4.69, 9.17) is 27.4 Å². The van der Waals surface area contributed by atoms with Gasteiger partial charge in [-0.2, -0.15) is 0 Å². The molecular formula is C16H17NO2S. The van der Waals surface area contributed by atoms with Crippen LogP contribution in [0.4, 0.5) is 0 Å². The molecule has 4 heteroatoms. The summed E-state index contributed by atoms with van der Waals surface area (Å²) in [6.45, 7) is 1.62. The average Bonchev–Trinajstić information content (AvgIpc) is 2.48. The number of thiocarbonyl (C=S) groups is 1. The van der Waals surface area contributed by atoms with Crippen LogP contribution in [-0.2, 0) is 11.3 Å². The van der Waals surface area contributed by atoms with E-state index >= 15 is 0 Å². The Morgan fingerprint density at radius 1 is 1.00 bits per heavy atom. The Hall–Kier alpha value is -1.91. The molecule has 0 bridgehead atoms. The van der Waals surface area contributed by atoms with Gasteiger partial charge in [0.05, 0.1) is 13.2 Å². The summed E-state index contributed by atoms with van der Waals surface area (Å²) in [5.74, 6) is 0.749. The first-order valence-electron chi connectivity index (χ1n) is 6.40. The molecule has 2 aromatic carbocycles. The largest absolute Gasteiger partial charge is 0.491 e. The summed E-state index contributed by atoms with van der Waals surface area (Å²) in [5, 5.41) is 0. The van der Waals surface area contributed by atoms with E-state index in [1.165, 1.54) is 0 Å². The zero-order valence-electron chi connectivity index (χ0n) is 11.1. The van der Waals surface area contributed by atoms with Gasteiger partial charge in [-0.3, -0.25) is 0 Å². The zero-order chi connectivity index (χ0) is 14.2. The van der Waals surface area contributed by atoms with Crippen LogP contribution in [0, 0.1) is 0 Å². The number of nitrogens with two attached hydrogens (primary N) is 1. The lowest BCUT2D eigenvalue weighted by molar-refractivity contribution is 0.0889. The fourth-order valence-electron chi connectivity index (χ4n) is 1.72. The van der Waals surface area contributed by atoms with Crippen LogP contribution in [0.3, 0.4) is 0 Å². The molecule has 0 heterocycles. The number of hydrogen-bond acceptors (Lipinski definition) is 3. The highest BCUT2D eigenvalue weighted by Gasteiger charge is 1.99. The molecule has 0 aliphatic carbocycles. The van der Waals surface area contributed by atoms with Gasteiger partial charge in [-0.15, -0.1) is 0 Å². The predicted octanol–water partition coefficient (Wildman–Crippen LogP) is 2.92.